The van der Waals surface area contributed by atoms with Crippen molar-refractivity contribution in [3.8, 4) is 0 Å². The molecule has 2 rings (SSSR count). The molecule has 0 heterocycles. The van der Waals surface area contributed by atoms with Crippen LogP contribution in [0.1, 0.15) is 23.6 Å². The fraction of sp³-hybridized carbons (Fsp3) is 0.263. The topological polar surface area (TPSA) is 49.4 Å². The van der Waals surface area contributed by atoms with Crippen LogP contribution in [0, 0.1) is 13.8 Å². The molecule has 5 heteroatoms. The average Bonchev–Trinajstić information content (AvgIpc) is 2.52. The molecule has 0 aliphatic rings. The maximum absolute atomic E-state index is 12.3. The van der Waals surface area contributed by atoms with Crippen LogP contribution in [0.5, 0.6) is 0 Å². The summed E-state index contributed by atoms with van der Waals surface area (Å²) in [4.78, 5) is 25.7. The van der Waals surface area contributed by atoms with Gasteiger partial charge in [0.15, 0.2) is 0 Å². The van der Waals surface area contributed by atoms with Crippen molar-refractivity contribution in [2.45, 2.75) is 27.3 Å². The molecule has 0 spiro atoms. The summed E-state index contributed by atoms with van der Waals surface area (Å²) in [5, 5.41) is 3.47. The number of nitrogens with one attached hydrogen (secondary N) is 1. The summed E-state index contributed by atoms with van der Waals surface area (Å²) in [5.74, 6) is -0.394. The van der Waals surface area contributed by atoms with Crippen molar-refractivity contribution in [1.29, 1.82) is 0 Å². The van der Waals surface area contributed by atoms with E-state index < -0.39 is 0 Å². The third kappa shape index (κ3) is 4.59. The Morgan fingerprint density at radius 3 is 2.42 bits per heavy atom. The van der Waals surface area contributed by atoms with E-state index in [9.17, 15) is 9.59 Å². The second-order valence-corrected chi connectivity index (χ2v) is 6.18. The fourth-order valence-corrected chi connectivity index (χ4v) is 2.72. The van der Waals surface area contributed by atoms with E-state index in [1.54, 1.807) is 18.2 Å². The van der Waals surface area contributed by atoms with Crippen LogP contribution in [0.25, 0.3) is 0 Å². The largest absolute Gasteiger partial charge is 0.350 e. The third-order valence-electron chi connectivity index (χ3n) is 3.87. The lowest BCUT2D eigenvalue weighted by Gasteiger charge is -2.23. The molecule has 2 amide bonds. The second kappa shape index (κ2) is 7.97. The van der Waals surface area contributed by atoms with Crippen LogP contribution in [0.15, 0.2) is 42.5 Å². The molecule has 0 saturated carbocycles. The molecule has 0 atom stereocenters. The van der Waals surface area contributed by atoms with Gasteiger partial charge in [-0.3, -0.25) is 9.59 Å². The molecule has 0 aliphatic carbocycles. The smallest absolute Gasteiger partial charge is 0.240 e. The van der Waals surface area contributed by atoms with Gasteiger partial charge in [0.25, 0.3) is 0 Å². The van der Waals surface area contributed by atoms with Crippen molar-refractivity contribution in [2.24, 2.45) is 0 Å². The number of benzene rings is 2. The predicted octanol–water partition coefficient (Wildman–Crippen LogP) is 3.63. The van der Waals surface area contributed by atoms with Crippen molar-refractivity contribution >= 4 is 29.1 Å². The minimum atomic E-state index is -0.206. The van der Waals surface area contributed by atoms with Crippen LogP contribution in [0.3, 0.4) is 0 Å². The maximum atomic E-state index is 12.3. The van der Waals surface area contributed by atoms with Crippen LogP contribution in [-0.2, 0) is 16.1 Å². The third-order valence-corrected chi connectivity index (χ3v) is 4.10. The van der Waals surface area contributed by atoms with Gasteiger partial charge in [0.05, 0.1) is 0 Å². The van der Waals surface area contributed by atoms with E-state index >= 15 is 0 Å². The first-order valence-corrected chi connectivity index (χ1v) is 8.11. The van der Waals surface area contributed by atoms with Gasteiger partial charge in [-0.05, 0) is 48.7 Å². The molecule has 0 radical (unpaired) electrons. The molecule has 0 unspecified atom stereocenters. The summed E-state index contributed by atoms with van der Waals surface area (Å²) in [6, 6.07) is 13.1. The summed E-state index contributed by atoms with van der Waals surface area (Å²) < 4.78 is 0. The predicted molar refractivity (Wildman–Crippen MR) is 97.2 cm³/mol. The highest BCUT2D eigenvalue weighted by Gasteiger charge is 2.17. The van der Waals surface area contributed by atoms with Gasteiger partial charge < -0.3 is 10.2 Å². The molecule has 0 bridgehead atoms. The lowest BCUT2D eigenvalue weighted by atomic mass is 10.1. The zero-order valence-corrected chi connectivity index (χ0v) is 14.9. The first-order chi connectivity index (χ1) is 11.4. The van der Waals surface area contributed by atoms with Crippen LogP contribution in [0.2, 0.25) is 5.02 Å². The van der Waals surface area contributed by atoms with Crippen molar-refractivity contribution < 1.29 is 9.59 Å². The van der Waals surface area contributed by atoms with E-state index in [1.807, 2.05) is 38.1 Å². The van der Waals surface area contributed by atoms with Crippen molar-refractivity contribution in [3.05, 3.63) is 64.2 Å². The van der Waals surface area contributed by atoms with Crippen molar-refractivity contribution in [2.75, 3.05) is 11.4 Å². The molecular weight excluding hydrogens is 324 g/mol. The highest BCUT2D eigenvalue weighted by molar-refractivity contribution is 6.30. The van der Waals surface area contributed by atoms with E-state index in [0.717, 1.165) is 16.7 Å². The van der Waals surface area contributed by atoms with Crippen LogP contribution in [-0.4, -0.2) is 18.4 Å². The van der Waals surface area contributed by atoms with Crippen LogP contribution >= 0.6 is 11.6 Å². The summed E-state index contributed by atoms with van der Waals surface area (Å²) >= 11 is 5.96. The van der Waals surface area contributed by atoms with Gasteiger partial charge in [-0.1, -0.05) is 35.9 Å². The second-order valence-electron chi connectivity index (χ2n) is 5.74. The molecule has 1 N–H and O–H groups in total. The lowest BCUT2D eigenvalue weighted by molar-refractivity contribution is -0.123. The molecule has 4 nitrogen and oxygen atoms in total. The molecule has 0 aliphatic heterocycles. The van der Waals surface area contributed by atoms with Gasteiger partial charge in [-0.2, -0.15) is 0 Å². The lowest BCUT2D eigenvalue weighted by Crippen LogP contribution is -2.40. The number of hydrogen-bond acceptors (Lipinski definition) is 2. The zero-order chi connectivity index (χ0) is 17.7. The molecule has 126 valence electrons. The number of carbonyl (C=O) groups excluding carboxylic acids is 2. The summed E-state index contributed by atoms with van der Waals surface area (Å²) in [6.45, 7) is 5.73. The van der Waals surface area contributed by atoms with E-state index in [0.29, 0.717) is 17.3 Å². The Morgan fingerprint density at radius 2 is 1.79 bits per heavy atom. The SMILES string of the molecule is CC(=O)N(CC(=O)NCc1ccccc1C)c1ccc(Cl)cc1C. The van der Waals surface area contributed by atoms with E-state index in [4.69, 9.17) is 11.6 Å². The van der Waals surface area contributed by atoms with E-state index in [2.05, 4.69) is 5.32 Å². The van der Waals surface area contributed by atoms with E-state index in [-0.39, 0.29) is 18.4 Å². The summed E-state index contributed by atoms with van der Waals surface area (Å²) in [7, 11) is 0. The molecule has 0 aromatic heterocycles. The molecule has 0 saturated heterocycles. The number of anilines is 1. The monoisotopic (exact) mass is 344 g/mol. The summed E-state index contributed by atoms with van der Waals surface area (Å²) in [5.41, 5.74) is 3.72. The fourth-order valence-electron chi connectivity index (χ4n) is 2.49. The number of halogens is 1. The van der Waals surface area contributed by atoms with Crippen molar-refractivity contribution in [3.63, 3.8) is 0 Å². The minimum Gasteiger partial charge on any atom is -0.350 e. The van der Waals surface area contributed by atoms with Crippen LogP contribution < -0.4 is 10.2 Å². The Balaban J connectivity index is 2.06. The molecular formula is C19H21ClN2O2. The van der Waals surface area contributed by atoms with Crippen molar-refractivity contribution in [1.82, 2.24) is 5.32 Å². The van der Waals surface area contributed by atoms with Gasteiger partial charge in [0, 0.05) is 24.2 Å². The van der Waals surface area contributed by atoms with Gasteiger partial charge >= 0.3 is 0 Å². The Bertz CT molecular complexity index is 759. The molecule has 2 aromatic carbocycles. The number of amides is 2. The van der Waals surface area contributed by atoms with Gasteiger partial charge in [0.1, 0.15) is 6.54 Å². The average molecular weight is 345 g/mol. The maximum Gasteiger partial charge on any atom is 0.240 e. The summed E-state index contributed by atoms with van der Waals surface area (Å²) in [6.07, 6.45) is 0. The quantitative estimate of drug-likeness (QED) is 0.900. The first kappa shape index (κ1) is 18.0. The Morgan fingerprint density at radius 1 is 1.08 bits per heavy atom. The molecule has 2 aromatic rings. The number of hydrogen-bond donors (Lipinski definition) is 1. The number of rotatable bonds is 5. The highest BCUT2D eigenvalue weighted by Crippen LogP contribution is 2.23. The normalized spacial score (nSPS) is 10.3. The number of carbonyl (C=O) groups is 2. The Kier molecular flexibility index (Phi) is 5.99. The Labute approximate surface area is 147 Å². The molecule has 24 heavy (non-hydrogen) atoms. The number of aryl methyl sites for hydroxylation is 2. The van der Waals surface area contributed by atoms with Crippen LogP contribution in [0.4, 0.5) is 5.69 Å². The van der Waals surface area contributed by atoms with E-state index in [1.165, 1.54) is 11.8 Å². The zero-order valence-electron chi connectivity index (χ0n) is 14.1. The first-order valence-electron chi connectivity index (χ1n) is 7.74. The van der Waals surface area contributed by atoms with Gasteiger partial charge in [-0.25, -0.2) is 0 Å². The minimum absolute atomic E-state index is 0.0241. The highest BCUT2D eigenvalue weighted by atomic mass is 35.5. The Hall–Kier alpha value is -2.33. The van der Waals surface area contributed by atoms with Gasteiger partial charge in [0.2, 0.25) is 11.8 Å². The molecule has 0 fully saturated rings. The standard InChI is InChI=1S/C19H21ClN2O2/c1-13-6-4-5-7-16(13)11-21-19(24)12-22(15(3)23)18-9-8-17(20)10-14(18)2/h4-10H,11-12H2,1-3H3,(H,21,24). The van der Waals surface area contributed by atoms with Gasteiger partial charge in [-0.15, -0.1) is 0 Å². The number of nitrogens with zero attached hydrogens (tertiary/aromatic N) is 1.